The van der Waals surface area contributed by atoms with Gasteiger partial charge in [-0.05, 0) is 68.7 Å². The van der Waals surface area contributed by atoms with Crippen LogP contribution >= 0.6 is 8.53 Å². The highest BCUT2D eigenvalue weighted by molar-refractivity contribution is 7.44. The Morgan fingerprint density at radius 3 is 2.14 bits per heavy atom. The highest BCUT2D eigenvalue weighted by atomic mass is 31.2. The smallest absolute Gasteiger partial charge is 0.280 e. The quantitative estimate of drug-likeness (QED) is 0.0527. The van der Waals surface area contributed by atoms with Crippen LogP contribution in [0.4, 0.5) is 5.95 Å². The van der Waals surface area contributed by atoms with Crippen LogP contribution in [0.1, 0.15) is 63.5 Å². The molecule has 1 aliphatic heterocycles. The summed E-state index contributed by atoms with van der Waals surface area (Å²) in [6.07, 6.45) is 0.372. The van der Waals surface area contributed by atoms with Crippen molar-refractivity contribution in [3.8, 4) is 17.6 Å². The van der Waals surface area contributed by atoms with Gasteiger partial charge in [-0.15, -0.1) is 0 Å². The van der Waals surface area contributed by atoms with E-state index in [1.807, 2.05) is 78.9 Å². The summed E-state index contributed by atoms with van der Waals surface area (Å²) >= 11 is 0. The predicted octanol–water partition coefficient (Wildman–Crippen LogP) is 7.14. The molecule has 0 amide bonds. The Labute approximate surface area is 328 Å². The van der Waals surface area contributed by atoms with Crippen molar-refractivity contribution in [1.29, 1.82) is 5.26 Å². The Bertz CT molecular complexity index is 2070. The Hall–Kier alpha value is -4.87. The molecule has 3 aromatic carbocycles. The van der Waals surface area contributed by atoms with Gasteiger partial charge in [0, 0.05) is 25.6 Å². The highest BCUT2D eigenvalue weighted by Crippen LogP contribution is 2.51. The van der Waals surface area contributed by atoms with E-state index in [1.165, 1.54) is 0 Å². The van der Waals surface area contributed by atoms with Crippen LogP contribution in [0.15, 0.2) is 90.0 Å². The topological polar surface area (TPSA) is 158 Å². The standard InChI is InChI=1S/C41H50N7O7P/c1-27(2)48(28(3)4)56(53-23-11-22-42)55-34-24-36(47-26-44-37-38(47)45-40(43-5)46-39(37)49)54-35(34)25-52-41(29-12-9-8-10-13-29,30-14-18-32(50-6)19-15-30)31-16-20-33(51-7)21-17-31/h8-10,12-21,26-28,34-36H,11,23-25H2,1-7H3,(H2,43,45,46,49)/t34?,35-,36-,56?/m1/s1. The fourth-order valence-electron chi connectivity index (χ4n) is 7.08. The molecular formula is C41H50N7O7P. The number of nitriles is 1. The van der Waals surface area contributed by atoms with Gasteiger partial charge in [0.25, 0.3) is 14.1 Å². The molecule has 4 atom stereocenters. The van der Waals surface area contributed by atoms with E-state index in [1.54, 1.807) is 32.2 Å². The van der Waals surface area contributed by atoms with Crippen molar-refractivity contribution < 1.29 is 28.0 Å². The van der Waals surface area contributed by atoms with Crippen LogP contribution in [0, 0.1) is 11.3 Å². The SMILES string of the molecule is CNc1nc2c(ncn2[C@H]2CC(OP(OCCC#N)N(C(C)C)C(C)C)[C@@H](COC(c3ccccc3)(c3ccc(OC)cc3)c3ccc(OC)cc3)O2)c(=O)[nH]1. The highest BCUT2D eigenvalue weighted by Gasteiger charge is 2.45. The lowest BCUT2D eigenvalue weighted by Crippen LogP contribution is -2.39. The van der Waals surface area contributed by atoms with Crippen LogP contribution in [0.5, 0.6) is 11.5 Å². The minimum Gasteiger partial charge on any atom is -0.497 e. The van der Waals surface area contributed by atoms with Crippen LogP contribution in [0.3, 0.4) is 0 Å². The molecule has 0 radical (unpaired) electrons. The number of ether oxygens (including phenoxy) is 4. The average molecular weight is 784 g/mol. The third-order valence-electron chi connectivity index (χ3n) is 9.69. The van der Waals surface area contributed by atoms with E-state index in [-0.39, 0.29) is 42.8 Å². The number of nitrogens with one attached hydrogen (secondary N) is 2. The minimum atomic E-state index is -1.64. The normalized spacial score (nSPS) is 17.8. The first kappa shape index (κ1) is 40.8. The first-order valence-corrected chi connectivity index (χ1v) is 19.8. The Kier molecular flexibility index (Phi) is 13.4. The summed E-state index contributed by atoms with van der Waals surface area (Å²) in [7, 11) is 3.32. The minimum absolute atomic E-state index is 0.0837. The molecule has 1 saturated heterocycles. The Morgan fingerprint density at radius 1 is 0.982 bits per heavy atom. The predicted molar refractivity (Wildman–Crippen MR) is 215 cm³/mol. The van der Waals surface area contributed by atoms with E-state index in [4.69, 9.17) is 28.0 Å². The molecule has 3 heterocycles. The van der Waals surface area contributed by atoms with E-state index >= 15 is 0 Å². The molecule has 0 saturated carbocycles. The lowest BCUT2D eigenvalue weighted by molar-refractivity contribution is -0.0912. The third-order valence-corrected chi connectivity index (χ3v) is 11.8. The number of hydrogen-bond donors (Lipinski definition) is 2. The third kappa shape index (κ3) is 8.59. The molecule has 6 rings (SSSR count). The molecule has 0 bridgehead atoms. The molecule has 1 fully saturated rings. The summed E-state index contributed by atoms with van der Waals surface area (Å²) in [6.45, 7) is 8.69. The first-order valence-electron chi connectivity index (χ1n) is 18.7. The molecule has 1 aliphatic rings. The van der Waals surface area contributed by atoms with Gasteiger partial charge in [0.1, 0.15) is 29.4 Å². The molecule has 56 heavy (non-hydrogen) atoms. The van der Waals surface area contributed by atoms with Gasteiger partial charge >= 0.3 is 0 Å². The molecule has 2 aromatic heterocycles. The number of hydrogen-bond acceptors (Lipinski definition) is 12. The number of fused-ring (bicyclic) bond motifs is 1. The zero-order valence-electron chi connectivity index (χ0n) is 32.8. The van der Waals surface area contributed by atoms with Gasteiger partial charge in [-0.25, -0.2) is 9.65 Å². The number of anilines is 1. The first-order chi connectivity index (χ1) is 27.1. The van der Waals surface area contributed by atoms with Crippen molar-refractivity contribution in [3.05, 3.63) is 112 Å². The summed E-state index contributed by atoms with van der Waals surface area (Å²) in [5, 5.41) is 12.3. The molecule has 0 aliphatic carbocycles. The summed E-state index contributed by atoms with van der Waals surface area (Å²) in [5.41, 5.74) is 1.74. The lowest BCUT2D eigenvalue weighted by atomic mass is 9.80. The number of aromatic nitrogens is 4. The molecule has 0 spiro atoms. The van der Waals surface area contributed by atoms with Crippen LogP contribution in [0.25, 0.3) is 11.2 Å². The fraction of sp³-hybridized carbons (Fsp3) is 0.415. The second-order valence-electron chi connectivity index (χ2n) is 13.9. The number of nitrogens with zero attached hydrogens (tertiary/aromatic N) is 5. The van der Waals surface area contributed by atoms with Crippen LogP contribution in [0.2, 0.25) is 0 Å². The molecule has 14 nitrogen and oxygen atoms in total. The molecule has 15 heteroatoms. The van der Waals surface area contributed by atoms with Crippen molar-refractivity contribution in [1.82, 2.24) is 24.2 Å². The summed E-state index contributed by atoms with van der Waals surface area (Å²) < 4.78 is 42.6. The van der Waals surface area contributed by atoms with E-state index in [2.05, 4.69) is 58.7 Å². The largest absolute Gasteiger partial charge is 0.497 e. The van der Waals surface area contributed by atoms with Crippen molar-refractivity contribution in [3.63, 3.8) is 0 Å². The van der Waals surface area contributed by atoms with E-state index in [0.717, 1.165) is 16.7 Å². The second kappa shape index (κ2) is 18.4. The second-order valence-corrected chi connectivity index (χ2v) is 15.3. The number of H-pyrrole nitrogens is 1. The average Bonchev–Trinajstić information content (AvgIpc) is 3.83. The maximum atomic E-state index is 12.9. The molecule has 2 N–H and O–H groups in total. The van der Waals surface area contributed by atoms with Gasteiger partial charge in [-0.1, -0.05) is 54.6 Å². The summed E-state index contributed by atoms with van der Waals surface area (Å²) in [4.78, 5) is 24.7. The fourth-order valence-corrected chi connectivity index (χ4v) is 8.84. The molecule has 5 aromatic rings. The van der Waals surface area contributed by atoms with Gasteiger partial charge in [0.05, 0.1) is 52.4 Å². The van der Waals surface area contributed by atoms with Crippen molar-refractivity contribution >= 4 is 25.6 Å². The molecule has 296 valence electrons. The van der Waals surface area contributed by atoms with Gasteiger partial charge in [0.15, 0.2) is 11.2 Å². The lowest BCUT2D eigenvalue weighted by Gasteiger charge is -2.39. The maximum absolute atomic E-state index is 12.9. The van der Waals surface area contributed by atoms with Crippen LogP contribution < -0.4 is 20.3 Å². The van der Waals surface area contributed by atoms with E-state index in [9.17, 15) is 10.1 Å². The monoisotopic (exact) mass is 783 g/mol. The summed E-state index contributed by atoms with van der Waals surface area (Å²) in [6, 6.07) is 28.1. The van der Waals surface area contributed by atoms with Crippen LogP contribution in [-0.4, -0.2) is 83.0 Å². The van der Waals surface area contributed by atoms with Crippen molar-refractivity contribution in [2.45, 2.75) is 76.7 Å². The van der Waals surface area contributed by atoms with Crippen molar-refractivity contribution in [2.75, 3.05) is 39.8 Å². The zero-order valence-corrected chi connectivity index (χ0v) is 33.7. The summed E-state index contributed by atoms with van der Waals surface area (Å²) in [5.74, 6) is 1.74. The van der Waals surface area contributed by atoms with Gasteiger partial charge in [-0.3, -0.25) is 14.3 Å². The van der Waals surface area contributed by atoms with E-state index in [0.29, 0.717) is 29.5 Å². The Morgan fingerprint density at radius 2 is 1.59 bits per heavy atom. The van der Waals surface area contributed by atoms with Gasteiger partial charge in [-0.2, -0.15) is 10.2 Å². The van der Waals surface area contributed by atoms with Crippen LogP contribution in [-0.2, 0) is 24.1 Å². The Balaban J connectivity index is 1.44. The van der Waals surface area contributed by atoms with Gasteiger partial charge < -0.3 is 33.3 Å². The molecule has 2 unspecified atom stereocenters. The number of benzene rings is 3. The number of aromatic amines is 1. The molecular weight excluding hydrogens is 733 g/mol. The number of methoxy groups -OCH3 is 2. The maximum Gasteiger partial charge on any atom is 0.280 e. The van der Waals surface area contributed by atoms with E-state index < -0.39 is 32.6 Å². The number of rotatable bonds is 18. The van der Waals surface area contributed by atoms with Gasteiger partial charge in [0.2, 0.25) is 5.95 Å². The zero-order chi connectivity index (χ0) is 39.8. The van der Waals surface area contributed by atoms with Crippen molar-refractivity contribution in [2.24, 2.45) is 0 Å². The number of imidazole rings is 1.